The van der Waals surface area contributed by atoms with E-state index in [1.54, 1.807) is 18.5 Å². The molecule has 0 spiro atoms. The lowest BCUT2D eigenvalue weighted by atomic mass is 10.1. The molecule has 0 radical (unpaired) electrons. The van der Waals surface area contributed by atoms with Crippen LogP contribution in [0.25, 0.3) is 10.9 Å². The van der Waals surface area contributed by atoms with Crippen LogP contribution in [0.5, 0.6) is 0 Å². The van der Waals surface area contributed by atoms with Crippen molar-refractivity contribution in [3.05, 3.63) is 46.9 Å². The van der Waals surface area contributed by atoms with Crippen LogP contribution in [0.3, 0.4) is 0 Å². The molecule has 1 amide bonds. The fourth-order valence-corrected chi connectivity index (χ4v) is 2.13. The zero-order valence-electron chi connectivity index (χ0n) is 10.1. The van der Waals surface area contributed by atoms with Crippen LogP contribution >= 0.6 is 11.6 Å². The van der Waals surface area contributed by atoms with E-state index in [0.717, 1.165) is 16.5 Å². The Kier molecular flexibility index (Phi) is 2.76. The quantitative estimate of drug-likeness (QED) is 0.672. The van der Waals surface area contributed by atoms with E-state index in [4.69, 9.17) is 11.6 Å². The van der Waals surface area contributed by atoms with Crippen molar-refractivity contribution in [2.24, 2.45) is 0 Å². The number of nitrogens with one attached hydrogen (secondary N) is 3. The summed E-state index contributed by atoms with van der Waals surface area (Å²) in [6.07, 6.45) is 3.16. The fourth-order valence-electron chi connectivity index (χ4n) is 1.96. The first-order valence-electron chi connectivity index (χ1n) is 5.73. The van der Waals surface area contributed by atoms with Gasteiger partial charge in [0, 0.05) is 22.1 Å². The molecule has 0 bridgehead atoms. The first-order chi connectivity index (χ1) is 9.15. The Labute approximate surface area is 114 Å². The summed E-state index contributed by atoms with van der Waals surface area (Å²) in [6.45, 7) is 1.93. The van der Waals surface area contributed by atoms with E-state index in [-0.39, 0.29) is 5.91 Å². The van der Waals surface area contributed by atoms with Crippen molar-refractivity contribution in [3.8, 4) is 0 Å². The Hall–Kier alpha value is -2.27. The summed E-state index contributed by atoms with van der Waals surface area (Å²) in [4.78, 5) is 15.1. The minimum atomic E-state index is -0.215. The number of aryl methyl sites for hydroxylation is 1. The van der Waals surface area contributed by atoms with Gasteiger partial charge in [0.25, 0.3) is 5.91 Å². The standard InChI is InChI=1S/C13H11ClN4O/c1-7-9-4-12(18-11(9)3-2-10(7)14)13(19)17-8-5-15-16-6-8/h2-6,18H,1H3,(H,15,16)(H,17,19). The van der Waals surface area contributed by atoms with E-state index in [9.17, 15) is 4.79 Å². The Morgan fingerprint density at radius 3 is 3.00 bits per heavy atom. The lowest BCUT2D eigenvalue weighted by Crippen LogP contribution is -2.11. The largest absolute Gasteiger partial charge is 0.351 e. The van der Waals surface area contributed by atoms with E-state index in [2.05, 4.69) is 20.5 Å². The number of anilines is 1. The summed E-state index contributed by atoms with van der Waals surface area (Å²) in [5.41, 5.74) is 2.96. The molecule has 3 N–H and O–H groups in total. The molecule has 2 heterocycles. The van der Waals surface area contributed by atoms with Crippen LogP contribution in [0.1, 0.15) is 16.1 Å². The molecule has 2 aromatic heterocycles. The lowest BCUT2D eigenvalue weighted by molar-refractivity contribution is 0.102. The SMILES string of the molecule is Cc1c(Cl)ccc2[nH]c(C(=O)Nc3cn[nH]c3)cc12. The van der Waals surface area contributed by atoms with Crippen LogP contribution in [0, 0.1) is 6.92 Å². The molecule has 1 aromatic carbocycles. The van der Waals surface area contributed by atoms with Crippen LogP contribution in [-0.4, -0.2) is 21.1 Å². The van der Waals surface area contributed by atoms with Gasteiger partial charge in [-0.1, -0.05) is 11.6 Å². The summed E-state index contributed by atoms with van der Waals surface area (Å²) in [5, 5.41) is 10.8. The van der Waals surface area contributed by atoms with E-state index < -0.39 is 0 Å². The van der Waals surface area contributed by atoms with Crippen molar-refractivity contribution >= 4 is 34.1 Å². The van der Waals surface area contributed by atoms with E-state index in [1.165, 1.54) is 0 Å². The zero-order chi connectivity index (χ0) is 13.4. The molecule has 3 aromatic rings. The molecule has 0 saturated carbocycles. The van der Waals surface area contributed by atoms with Gasteiger partial charge in [0.2, 0.25) is 0 Å². The predicted octanol–water partition coefficient (Wildman–Crippen LogP) is 3.11. The molecule has 3 rings (SSSR count). The molecule has 96 valence electrons. The third-order valence-electron chi connectivity index (χ3n) is 3.01. The Morgan fingerprint density at radius 2 is 2.26 bits per heavy atom. The number of hydrogen-bond donors (Lipinski definition) is 3. The van der Waals surface area contributed by atoms with Crippen LogP contribution in [0.15, 0.2) is 30.6 Å². The number of halogens is 1. The average Bonchev–Trinajstić information content (AvgIpc) is 3.02. The third-order valence-corrected chi connectivity index (χ3v) is 3.42. The van der Waals surface area contributed by atoms with Gasteiger partial charge < -0.3 is 10.3 Å². The molecule has 0 unspecified atom stereocenters. The van der Waals surface area contributed by atoms with E-state index >= 15 is 0 Å². The minimum absolute atomic E-state index is 0.215. The van der Waals surface area contributed by atoms with Gasteiger partial charge in [-0.15, -0.1) is 0 Å². The number of carbonyl (C=O) groups excluding carboxylic acids is 1. The van der Waals surface area contributed by atoms with Crippen LogP contribution < -0.4 is 5.32 Å². The minimum Gasteiger partial charge on any atom is -0.351 e. The third kappa shape index (κ3) is 2.08. The van der Waals surface area contributed by atoms with Gasteiger partial charge in [0.05, 0.1) is 11.9 Å². The molecular weight excluding hydrogens is 264 g/mol. The van der Waals surface area contributed by atoms with Gasteiger partial charge >= 0.3 is 0 Å². The van der Waals surface area contributed by atoms with Crippen molar-refractivity contribution in [3.63, 3.8) is 0 Å². The summed E-state index contributed by atoms with van der Waals surface area (Å²) in [7, 11) is 0. The lowest BCUT2D eigenvalue weighted by Gasteiger charge is -1.98. The monoisotopic (exact) mass is 274 g/mol. The second-order valence-electron chi connectivity index (χ2n) is 4.26. The van der Waals surface area contributed by atoms with Crippen molar-refractivity contribution in [1.29, 1.82) is 0 Å². The Morgan fingerprint density at radius 1 is 1.42 bits per heavy atom. The summed E-state index contributed by atoms with van der Waals surface area (Å²) in [5.74, 6) is -0.215. The Bertz CT molecular complexity index is 745. The molecule has 0 aliphatic heterocycles. The Balaban J connectivity index is 1.97. The van der Waals surface area contributed by atoms with Gasteiger partial charge in [-0.3, -0.25) is 9.89 Å². The number of benzene rings is 1. The molecule has 0 atom stereocenters. The molecule has 0 fully saturated rings. The zero-order valence-corrected chi connectivity index (χ0v) is 10.9. The maximum absolute atomic E-state index is 12.1. The van der Waals surface area contributed by atoms with Gasteiger partial charge in [-0.05, 0) is 30.7 Å². The molecule has 0 saturated heterocycles. The molecule has 6 heteroatoms. The van der Waals surface area contributed by atoms with Gasteiger partial charge in [0.15, 0.2) is 0 Å². The van der Waals surface area contributed by atoms with Gasteiger partial charge in [-0.2, -0.15) is 5.10 Å². The number of H-pyrrole nitrogens is 2. The van der Waals surface area contributed by atoms with Gasteiger partial charge in [-0.25, -0.2) is 0 Å². The van der Waals surface area contributed by atoms with Crippen LogP contribution in [0.4, 0.5) is 5.69 Å². The molecule has 5 nitrogen and oxygen atoms in total. The fraction of sp³-hybridized carbons (Fsp3) is 0.0769. The molecule has 0 aliphatic rings. The van der Waals surface area contributed by atoms with Crippen molar-refractivity contribution in [1.82, 2.24) is 15.2 Å². The van der Waals surface area contributed by atoms with Crippen LogP contribution in [-0.2, 0) is 0 Å². The first-order valence-corrected chi connectivity index (χ1v) is 6.11. The highest BCUT2D eigenvalue weighted by molar-refractivity contribution is 6.32. The van der Waals surface area contributed by atoms with Crippen molar-refractivity contribution < 1.29 is 4.79 Å². The van der Waals surface area contributed by atoms with Crippen LogP contribution in [0.2, 0.25) is 5.02 Å². The maximum Gasteiger partial charge on any atom is 0.272 e. The number of aromatic nitrogens is 3. The molecule has 0 aliphatic carbocycles. The predicted molar refractivity (Wildman–Crippen MR) is 74.6 cm³/mol. The number of aromatic amines is 2. The van der Waals surface area contributed by atoms with E-state index in [1.807, 2.05) is 19.1 Å². The number of rotatable bonds is 2. The van der Waals surface area contributed by atoms with Crippen molar-refractivity contribution in [2.45, 2.75) is 6.92 Å². The summed E-state index contributed by atoms with van der Waals surface area (Å²) in [6, 6.07) is 5.47. The van der Waals surface area contributed by atoms with E-state index in [0.29, 0.717) is 16.4 Å². The molecule has 19 heavy (non-hydrogen) atoms. The number of nitrogens with zero attached hydrogens (tertiary/aromatic N) is 1. The second-order valence-corrected chi connectivity index (χ2v) is 4.66. The molecular formula is C13H11ClN4O. The topological polar surface area (TPSA) is 73.6 Å². The smallest absolute Gasteiger partial charge is 0.272 e. The number of fused-ring (bicyclic) bond motifs is 1. The number of hydrogen-bond acceptors (Lipinski definition) is 2. The van der Waals surface area contributed by atoms with Gasteiger partial charge in [0.1, 0.15) is 5.69 Å². The maximum atomic E-state index is 12.1. The highest BCUT2D eigenvalue weighted by Gasteiger charge is 2.12. The number of amides is 1. The summed E-state index contributed by atoms with van der Waals surface area (Å²) >= 11 is 6.06. The van der Waals surface area contributed by atoms with Crippen molar-refractivity contribution in [2.75, 3.05) is 5.32 Å². The summed E-state index contributed by atoms with van der Waals surface area (Å²) < 4.78 is 0. The highest BCUT2D eigenvalue weighted by Crippen LogP contribution is 2.26. The normalized spacial score (nSPS) is 10.8. The highest BCUT2D eigenvalue weighted by atomic mass is 35.5. The second kappa shape index (κ2) is 4.44. The number of carbonyl (C=O) groups is 1. The first kappa shape index (κ1) is 11.8. The average molecular weight is 275 g/mol.